The first-order chi connectivity index (χ1) is 9.03. The van der Waals surface area contributed by atoms with Gasteiger partial charge in [0, 0.05) is 16.9 Å². The molecule has 1 rings (SSSR count). The fourth-order valence-corrected chi connectivity index (χ4v) is 1.85. The molecule has 0 fully saturated rings. The molecule has 0 aliphatic carbocycles. The Morgan fingerprint density at radius 1 is 1.15 bits per heavy atom. The number of hydrogen-bond acceptors (Lipinski definition) is 2. The third-order valence-corrected chi connectivity index (χ3v) is 4.73. The molecule has 2 nitrogen and oxygen atoms in total. The molecule has 0 aliphatic rings. The molecule has 1 amide bonds. The van der Waals surface area contributed by atoms with Crippen LogP contribution < -0.4 is 5.32 Å². The molecule has 0 aliphatic heterocycles. The summed E-state index contributed by atoms with van der Waals surface area (Å²) in [7, 11) is 0. The van der Waals surface area contributed by atoms with E-state index in [4.69, 9.17) is 0 Å². The lowest BCUT2D eigenvalue weighted by atomic mass is 9.77. The van der Waals surface area contributed by atoms with Crippen LogP contribution in [0.4, 0.5) is 5.69 Å². The van der Waals surface area contributed by atoms with E-state index in [1.807, 2.05) is 26.0 Å². The van der Waals surface area contributed by atoms with Crippen molar-refractivity contribution in [2.75, 3.05) is 5.32 Å². The van der Waals surface area contributed by atoms with Gasteiger partial charge in [0.1, 0.15) is 0 Å². The molecule has 0 unspecified atom stereocenters. The number of thiol groups is 1. The Labute approximate surface area is 128 Å². The minimum Gasteiger partial charge on any atom is -0.326 e. The normalized spacial score (nSPS) is 12.6. The van der Waals surface area contributed by atoms with E-state index in [0.29, 0.717) is 12.3 Å². The average Bonchev–Trinajstić information content (AvgIpc) is 2.27. The quantitative estimate of drug-likeness (QED) is 0.745. The van der Waals surface area contributed by atoms with Gasteiger partial charge in [-0.15, -0.1) is 0 Å². The van der Waals surface area contributed by atoms with Gasteiger partial charge >= 0.3 is 0 Å². The molecule has 1 aromatic rings. The van der Waals surface area contributed by atoms with Gasteiger partial charge in [0.05, 0.1) is 0 Å². The number of anilines is 1. The molecule has 0 bridgehead atoms. The van der Waals surface area contributed by atoms with Crippen molar-refractivity contribution in [2.45, 2.75) is 58.6 Å². The van der Waals surface area contributed by atoms with Gasteiger partial charge in [-0.25, -0.2) is 0 Å². The van der Waals surface area contributed by atoms with Crippen molar-refractivity contribution in [2.24, 2.45) is 5.41 Å². The lowest BCUT2D eigenvalue weighted by Crippen LogP contribution is -2.37. The van der Waals surface area contributed by atoms with E-state index in [-0.39, 0.29) is 16.1 Å². The zero-order chi connectivity index (χ0) is 15.6. The molecular weight excluding hydrogens is 266 g/mol. The van der Waals surface area contributed by atoms with Gasteiger partial charge in [-0.05, 0) is 29.0 Å². The van der Waals surface area contributed by atoms with E-state index in [2.05, 4.69) is 57.8 Å². The summed E-state index contributed by atoms with van der Waals surface area (Å²) in [5.74, 6) is 0.540. The summed E-state index contributed by atoms with van der Waals surface area (Å²) in [4.78, 5) is 12.1. The Hall–Kier alpha value is -0.960. The standard InChI is InChI=1S/C17H27NOS/c1-12(2)13-7-9-14(10-8-13)18-15(19)11-16(3,4)17(5,6)20/h7-10,12,20H,11H2,1-6H3,(H,18,19). The summed E-state index contributed by atoms with van der Waals surface area (Å²) in [6, 6.07) is 8.06. The maximum absolute atomic E-state index is 12.1. The topological polar surface area (TPSA) is 29.1 Å². The highest BCUT2D eigenvalue weighted by molar-refractivity contribution is 7.81. The molecule has 3 heteroatoms. The third kappa shape index (κ3) is 4.55. The Bertz CT molecular complexity index is 455. The van der Waals surface area contributed by atoms with E-state index in [1.54, 1.807) is 0 Å². The largest absolute Gasteiger partial charge is 0.326 e. The van der Waals surface area contributed by atoms with Crippen LogP contribution in [0.5, 0.6) is 0 Å². The van der Waals surface area contributed by atoms with E-state index in [1.165, 1.54) is 5.56 Å². The van der Waals surface area contributed by atoms with Crippen LogP contribution in [0.2, 0.25) is 0 Å². The number of hydrogen-bond donors (Lipinski definition) is 2. The highest BCUT2D eigenvalue weighted by Crippen LogP contribution is 2.38. The number of amides is 1. The molecule has 0 radical (unpaired) electrons. The summed E-state index contributed by atoms with van der Waals surface area (Å²) in [6.07, 6.45) is 0.454. The zero-order valence-electron chi connectivity index (χ0n) is 13.4. The van der Waals surface area contributed by atoms with Crippen LogP contribution in [0.1, 0.15) is 59.4 Å². The number of carbonyl (C=O) groups excluding carboxylic acids is 1. The molecular formula is C17H27NOS. The second-order valence-corrected chi connectivity index (χ2v) is 8.06. The maximum atomic E-state index is 12.1. The summed E-state index contributed by atoms with van der Waals surface area (Å²) in [6.45, 7) is 12.5. The molecule has 112 valence electrons. The summed E-state index contributed by atoms with van der Waals surface area (Å²) < 4.78 is -0.203. The van der Waals surface area contributed by atoms with Crippen LogP contribution in [0, 0.1) is 5.41 Å². The average molecular weight is 293 g/mol. The molecule has 0 aromatic heterocycles. The van der Waals surface area contributed by atoms with Crippen molar-refractivity contribution in [1.29, 1.82) is 0 Å². The molecule has 20 heavy (non-hydrogen) atoms. The van der Waals surface area contributed by atoms with Gasteiger partial charge in [-0.2, -0.15) is 12.6 Å². The molecule has 0 atom stereocenters. The van der Waals surface area contributed by atoms with Crippen LogP contribution in [0.15, 0.2) is 24.3 Å². The van der Waals surface area contributed by atoms with Crippen molar-refractivity contribution in [3.8, 4) is 0 Å². The van der Waals surface area contributed by atoms with E-state index >= 15 is 0 Å². The fourth-order valence-electron chi connectivity index (χ4n) is 1.77. The van der Waals surface area contributed by atoms with Crippen molar-refractivity contribution < 1.29 is 4.79 Å². The first kappa shape index (κ1) is 17.1. The summed E-state index contributed by atoms with van der Waals surface area (Å²) in [5.41, 5.74) is 1.96. The highest BCUT2D eigenvalue weighted by Gasteiger charge is 2.35. The maximum Gasteiger partial charge on any atom is 0.224 e. The Kier molecular flexibility index (Phi) is 5.31. The third-order valence-electron chi connectivity index (χ3n) is 4.12. The Balaban J connectivity index is 2.67. The monoisotopic (exact) mass is 293 g/mol. The van der Waals surface area contributed by atoms with Gasteiger partial charge < -0.3 is 5.32 Å². The summed E-state index contributed by atoms with van der Waals surface area (Å²) in [5, 5.41) is 2.96. The van der Waals surface area contributed by atoms with Gasteiger partial charge in [-0.3, -0.25) is 4.79 Å². The molecule has 0 heterocycles. The second-order valence-electron chi connectivity index (χ2n) is 6.94. The second kappa shape index (κ2) is 6.21. The summed E-state index contributed by atoms with van der Waals surface area (Å²) >= 11 is 4.59. The lowest BCUT2D eigenvalue weighted by Gasteiger charge is -2.37. The number of nitrogens with one attached hydrogen (secondary N) is 1. The zero-order valence-corrected chi connectivity index (χ0v) is 14.3. The van der Waals surface area contributed by atoms with E-state index in [9.17, 15) is 4.79 Å². The number of benzene rings is 1. The SMILES string of the molecule is CC(C)c1ccc(NC(=O)CC(C)(C)C(C)(C)S)cc1. The predicted octanol–water partition coefficient (Wildman–Crippen LogP) is 4.87. The first-order valence-electron chi connectivity index (χ1n) is 7.15. The first-order valence-corrected chi connectivity index (χ1v) is 7.60. The molecule has 0 saturated heterocycles. The lowest BCUT2D eigenvalue weighted by molar-refractivity contribution is -0.118. The van der Waals surface area contributed by atoms with E-state index < -0.39 is 0 Å². The van der Waals surface area contributed by atoms with Crippen LogP contribution >= 0.6 is 12.6 Å². The van der Waals surface area contributed by atoms with Crippen LogP contribution in [0.25, 0.3) is 0 Å². The minimum absolute atomic E-state index is 0.0365. The van der Waals surface area contributed by atoms with Crippen molar-refractivity contribution in [3.63, 3.8) is 0 Å². The number of carbonyl (C=O) groups is 1. The smallest absolute Gasteiger partial charge is 0.224 e. The van der Waals surface area contributed by atoms with Gasteiger partial charge in [-0.1, -0.05) is 53.7 Å². The van der Waals surface area contributed by atoms with Crippen molar-refractivity contribution in [3.05, 3.63) is 29.8 Å². The number of rotatable bonds is 5. The van der Waals surface area contributed by atoms with Crippen molar-refractivity contribution in [1.82, 2.24) is 0 Å². The van der Waals surface area contributed by atoms with Crippen molar-refractivity contribution >= 4 is 24.2 Å². The minimum atomic E-state index is -0.203. The van der Waals surface area contributed by atoms with Gasteiger partial charge in [0.2, 0.25) is 5.91 Å². The van der Waals surface area contributed by atoms with Gasteiger partial charge in [0.25, 0.3) is 0 Å². The van der Waals surface area contributed by atoms with Crippen LogP contribution in [-0.4, -0.2) is 10.7 Å². The fraction of sp³-hybridized carbons (Fsp3) is 0.588. The Morgan fingerprint density at radius 2 is 1.65 bits per heavy atom. The van der Waals surface area contributed by atoms with Gasteiger partial charge in [0.15, 0.2) is 0 Å². The van der Waals surface area contributed by atoms with Crippen LogP contribution in [-0.2, 0) is 4.79 Å². The molecule has 0 spiro atoms. The molecule has 1 aromatic carbocycles. The molecule has 0 saturated carbocycles. The molecule has 1 N–H and O–H groups in total. The van der Waals surface area contributed by atoms with Crippen LogP contribution in [0.3, 0.4) is 0 Å². The highest BCUT2D eigenvalue weighted by atomic mass is 32.1. The van der Waals surface area contributed by atoms with E-state index in [0.717, 1.165) is 5.69 Å². The predicted molar refractivity (Wildman–Crippen MR) is 90.6 cm³/mol. The Morgan fingerprint density at radius 3 is 2.05 bits per heavy atom.